The smallest absolute Gasteiger partial charge is 0.338 e. The molecule has 0 saturated heterocycles. The van der Waals surface area contributed by atoms with E-state index in [1.54, 1.807) is 55.6 Å². The Labute approximate surface area is 183 Å². The third-order valence-electron chi connectivity index (χ3n) is 4.20. The molecule has 3 rings (SSSR count). The van der Waals surface area contributed by atoms with Crippen molar-refractivity contribution in [2.45, 2.75) is 13.5 Å². The highest BCUT2D eigenvalue weighted by atomic mass is 19.2. The first-order valence-electron chi connectivity index (χ1n) is 9.71. The van der Waals surface area contributed by atoms with E-state index in [-0.39, 0.29) is 24.7 Å². The van der Waals surface area contributed by atoms with Crippen LogP contribution in [0, 0.1) is 11.6 Å². The number of nitrogens with zero attached hydrogens (tertiary/aromatic N) is 2. The van der Waals surface area contributed by atoms with E-state index >= 15 is 0 Å². The van der Waals surface area contributed by atoms with Crippen LogP contribution in [0.4, 0.5) is 14.5 Å². The first-order chi connectivity index (χ1) is 15.5. The highest BCUT2D eigenvalue weighted by molar-refractivity contribution is 6.10. The number of hydrogen-bond donors (Lipinski definition) is 2. The molecule has 32 heavy (non-hydrogen) atoms. The molecule has 1 amide bonds. The summed E-state index contributed by atoms with van der Waals surface area (Å²) in [4.78, 5) is 32.8. The number of amides is 1. The topological polar surface area (TPSA) is 92.7 Å². The van der Waals surface area contributed by atoms with Crippen LogP contribution >= 0.6 is 0 Å². The number of aromatic nitrogens is 1. The molecule has 0 atom stereocenters. The highest BCUT2D eigenvalue weighted by Gasteiger charge is 2.13. The minimum Gasteiger partial charge on any atom is -0.462 e. The Morgan fingerprint density at radius 2 is 1.75 bits per heavy atom. The summed E-state index contributed by atoms with van der Waals surface area (Å²) in [5.41, 5.74) is 1.49. The zero-order valence-electron chi connectivity index (χ0n) is 17.1. The van der Waals surface area contributed by atoms with Gasteiger partial charge in [0, 0.05) is 17.4 Å². The predicted octanol–water partition coefficient (Wildman–Crippen LogP) is 3.93. The van der Waals surface area contributed by atoms with E-state index in [0.29, 0.717) is 16.9 Å². The van der Waals surface area contributed by atoms with Crippen LogP contribution in [0.5, 0.6) is 0 Å². The summed E-state index contributed by atoms with van der Waals surface area (Å²) >= 11 is 0. The second-order valence-electron chi connectivity index (χ2n) is 6.49. The van der Waals surface area contributed by atoms with Crippen LogP contribution < -0.4 is 10.6 Å². The number of esters is 1. The Bertz CT molecular complexity index is 1120. The van der Waals surface area contributed by atoms with Gasteiger partial charge >= 0.3 is 5.97 Å². The lowest BCUT2D eigenvalue weighted by molar-refractivity contribution is 0.0526. The largest absolute Gasteiger partial charge is 0.462 e. The van der Waals surface area contributed by atoms with Gasteiger partial charge in [0.1, 0.15) is 0 Å². The summed E-state index contributed by atoms with van der Waals surface area (Å²) in [6.45, 7) is 2.13. The molecule has 0 aliphatic heterocycles. The van der Waals surface area contributed by atoms with Gasteiger partial charge in [0.25, 0.3) is 5.91 Å². The molecule has 164 valence electrons. The molecule has 0 fully saturated rings. The van der Waals surface area contributed by atoms with Gasteiger partial charge in [-0.05, 0) is 61.5 Å². The SMILES string of the molecule is CCOC(=O)c1ccc(NC(=NCc2ccccn2)NC(=O)c2ccc(F)c(F)c2)cc1. The maximum atomic E-state index is 13.5. The van der Waals surface area contributed by atoms with Gasteiger partial charge in [-0.1, -0.05) is 6.07 Å². The molecule has 9 heteroatoms. The van der Waals surface area contributed by atoms with Gasteiger partial charge in [-0.2, -0.15) is 0 Å². The van der Waals surface area contributed by atoms with E-state index in [4.69, 9.17) is 4.74 Å². The van der Waals surface area contributed by atoms with E-state index in [1.807, 2.05) is 0 Å². The van der Waals surface area contributed by atoms with Gasteiger partial charge in [0.15, 0.2) is 11.6 Å². The summed E-state index contributed by atoms with van der Waals surface area (Å²) in [5.74, 6) is -3.25. The molecular formula is C23H20F2N4O3. The maximum Gasteiger partial charge on any atom is 0.338 e. The first kappa shape index (κ1) is 22.5. The molecule has 0 aliphatic rings. The number of halogens is 2. The van der Waals surface area contributed by atoms with E-state index in [2.05, 4.69) is 20.6 Å². The monoisotopic (exact) mass is 438 g/mol. The average molecular weight is 438 g/mol. The van der Waals surface area contributed by atoms with Crippen molar-refractivity contribution in [2.75, 3.05) is 11.9 Å². The number of guanidine groups is 1. The van der Waals surface area contributed by atoms with Crippen LogP contribution in [0.3, 0.4) is 0 Å². The molecule has 0 saturated carbocycles. The van der Waals surface area contributed by atoms with Gasteiger partial charge in [-0.15, -0.1) is 0 Å². The van der Waals surface area contributed by atoms with E-state index in [0.717, 1.165) is 18.2 Å². The number of benzene rings is 2. The van der Waals surface area contributed by atoms with E-state index in [1.165, 1.54) is 0 Å². The van der Waals surface area contributed by atoms with Crippen molar-refractivity contribution in [3.8, 4) is 0 Å². The molecule has 2 N–H and O–H groups in total. The molecule has 0 aliphatic carbocycles. The maximum absolute atomic E-state index is 13.5. The van der Waals surface area contributed by atoms with Crippen molar-refractivity contribution >= 4 is 23.5 Å². The Hall–Kier alpha value is -4.14. The molecule has 2 aromatic carbocycles. The third-order valence-corrected chi connectivity index (χ3v) is 4.20. The number of pyridine rings is 1. The Balaban J connectivity index is 1.79. The van der Waals surface area contributed by atoms with Crippen LogP contribution in [0.25, 0.3) is 0 Å². The number of carbonyl (C=O) groups is 2. The predicted molar refractivity (Wildman–Crippen MR) is 115 cm³/mol. The second kappa shape index (κ2) is 10.8. The van der Waals surface area contributed by atoms with Crippen LogP contribution in [-0.2, 0) is 11.3 Å². The summed E-state index contributed by atoms with van der Waals surface area (Å²) in [6.07, 6.45) is 1.62. The van der Waals surface area contributed by atoms with Gasteiger partial charge in [-0.3, -0.25) is 15.1 Å². The quantitative estimate of drug-likeness (QED) is 0.346. The number of carbonyl (C=O) groups excluding carboxylic acids is 2. The molecule has 0 unspecified atom stereocenters. The van der Waals surface area contributed by atoms with Gasteiger partial charge in [0.05, 0.1) is 24.4 Å². The second-order valence-corrected chi connectivity index (χ2v) is 6.49. The lowest BCUT2D eigenvalue weighted by Gasteiger charge is -2.12. The summed E-state index contributed by atoms with van der Waals surface area (Å²) in [6, 6.07) is 14.5. The molecule has 1 aromatic heterocycles. The number of rotatable bonds is 6. The van der Waals surface area contributed by atoms with Crippen molar-refractivity contribution in [3.63, 3.8) is 0 Å². The van der Waals surface area contributed by atoms with Crippen LogP contribution in [0.2, 0.25) is 0 Å². The van der Waals surface area contributed by atoms with Crippen LogP contribution in [0.1, 0.15) is 33.3 Å². The number of nitrogens with one attached hydrogen (secondary N) is 2. The highest BCUT2D eigenvalue weighted by Crippen LogP contribution is 2.12. The fourth-order valence-corrected chi connectivity index (χ4v) is 2.62. The van der Waals surface area contributed by atoms with Crippen LogP contribution in [0.15, 0.2) is 71.9 Å². The Morgan fingerprint density at radius 3 is 2.41 bits per heavy atom. The summed E-state index contributed by atoms with van der Waals surface area (Å²) in [5, 5.41) is 5.49. The Kier molecular flexibility index (Phi) is 7.58. The zero-order valence-corrected chi connectivity index (χ0v) is 17.1. The fourth-order valence-electron chi connectivity index (χ4n) is 2.62. The van der Waals surface area contributed by atoms with Crippen LogP contribution in [-0.4, -0.2) is 29.4 Å². The lowest BCUT2D eigenvalue weighted by Crippen LogP contribution is -2.36. The fraction of sp³-hybridized carbons (Fsp3) is 0.130. The van der Waals surface area contributed by atoms with E-state index in [9.17, 15) is 18.4 Å². The molecule has 0 radical (unpaired) electrons. The molecular weight excluding hydrogens is 418 g/mol. The lowest BCUT2D eigenvalue weighted by atomic mass is 10.2. The third kappa shape index (κ3) is 6.18. The average Bonchev–Trinajstić information content (AvgIpc) is 2.80. The summed E-state index contributed by atoms with van der Waals surface area (Å²) < 4.78 is 31.6. The zero-order chi connectivity index (χ0) is 22.9. The minimum absolute atomic E-state index is 0.0641. The normalized spacial score (nSPS) is 11.0. The molecule has 0 bridgehead atoms. The summed E-state index contributed by atoms with van der Waals surface area (Å²) in [7, 11) is 0. The molecule has 7 nitrogen and oxygen atoms in total. The van der Waals surface area contributed by atoms with Gasteiger partial charge < -0.3 is 10.1 Å². The number of ether oxygens (including phenoxy) is 1. The molecule has 3 aromatic rings. The van der Waals surface area contributed by atoms with Gasteiger partial charge in [-0.25, -0.2) is 18.6 Å². The van der Waals surface area contributed by atoms with E-state index < -0.39 is 23.5 Å². The molecule has 1 heterocycles. The number of aliphatic imine (C=N–C) groups is 1. The van der Waals surface area contributed by atoms with Gasteiger partial charge in [0.2, 0.25) is 5.96 Å². The van der Waals surface area contributed by atoms with Crippen molar-refractivity contribution < 1.29 is 23.1 Å². The first-order valence-corrected chi connectivity index (χ1v) is 9.71. The van der Waals surface area contributed by atoms with Crippen molar-refractivity contribution in [2.24, 2.45) is 4.99 Å². The standard InChI is InChI=1S/C23H20F2N4O3/c1-2-32-22(31)15-6-9-17(10-7-15)28-23(27-14-18-5-3-4-12-26-18)29-21(30)16-8-11-19(24)20(25)13-16/h3-13H,2,14H2,1H3,(H2,27,28,29,30). The van der Waals surface area contributed by atoms with Crippen molar-refractivity contribution in [1.82, 2.24) is 10.3 Å². The Morgan fingerprint density at radius 1 is 1.00 bits per heavy atom. The number of hydrogen-bond acceptors (Lipinski definition) is 5. The van der Waals surface area contributed by atoms with Crippen molar-refractivity contribution in [1.29, 1.82) is 0 Å². The minimum atomic E-state index is -1.13. The molecule has 0 spiro atoms. The number of anilines is 1. The van der Waals surface area contributed by atoms with Crippen molar-refractivity contribution in [3.05, 3.63) is 95.3 Å².